The fourth-order valence-electron chi connectivity index (χ4n) is 4.24. The van der Waals surface area contributed by atoms with Crippen LogP contribution in [-0.2, 0) is 30.4 Å². The van der Waals surface area contributed by atoms with Gasteiger partial charge in [0, 0.05) is 0 Å². The molecule has 5 atom stereocenters. The number of alkyl carbamates (subject to hydrolysis) is 1. The van der Waals surface area contributed by atoms with E-state index in [1.165, 1.54) is 12.0 Å². The Kier molecular flexibility index (Phi) is 5.90. The molecular formula is C23H24N2O6. The lowest BCUT2D eigenvalue weighted by Gasteiger charge is -2.23. The first-order chi connectivity index (χ1) is 15.0. The Morgan fingerprint density at radius 2 is 1.71 bits per heavy atom. The molecule has 0 radical (unpaired) electrons. The van der Waals surface area contributed by atoms with E-state index >= 15 is 0 Å². The second-order valence-corrected chi connectivity index (χ2v) is 7.57. The Morgan fingerprint density at radius 3 is 2.35 bits per heavy atom. The summed E-state index contributed by atoms with van der Waals surface area (Å²) in [4.78, 5) is 39.6. The van der Waals surface area contributed by atoms with Crippen LogP contribution in [0.2, 0.25) is 0 Å². The molecular weight excluding hydrogens is 400 g/mol. The lowest BCUT2D eigenvalue weighted by molar-refractivity contribution is -0.151. The summed E-state index contributed by atoms with van der Waals surface area (Å²) in [6.07, 6.45) is -1.95. The molecule has 2 fully saturated rings. The largest absolute Gasteiger partial charge is 0.467 e. The minimum Gasteiger partial charge on any atom is -0.467 e. The fraction of sp³-hybridized carbons (Fsp3) is 0.348. The number of hydrogen-bond acceptors (Lipinski definition) is 6. The number of benzene rings is 2. The Labute approximate surface area is 180 Å². The number of esters is 1. The van der Waals surface area contributed by atoms with Gasteiger partial charge in [-0.15, -0.1) is 0 Å². The van der Waals surface area contributed by atoms with Crippen LogP contribution in [0.1, 0.15) is 24.0 Å². The molecule has 31 heavy (non-hydrogen) atoms. The number of rotatable bonds is 5. The lowest BCUT2D eigenvalue weighted by Crippen LogP contribution is -2.49. The monoisotopic (exact) mass is 424 g/mol. The number of carbonyl (C=O) groups excluding carboxylic acids is 3. The van der Waals surface area contributed by atoms with Gasteiger partial charge in [0.1, 0.15) is 18.9 Å². The molecule has 4 rings (SSSR count). The van der Waals surface area contributed by atoms with Crippen LogP contribution in [0.3, 0.4) is 0 Å². The number of hydrogen-bond donors (Lipinski definition) is 1. The highest BCUT2D eigenvalue weighted by molar-refractivity contribution is 5.93. The summed E-state index contributed by atoms with van der Waals surface area (Å²) in [5.41, 5.74) is 1.65. The van der Waals surface area contributed by atoms with Crippen molar-refractivity contribution in [2.45, 2.75) is 43.9 Å². The van der Waals surface area contributed by atoms with Gasteiger partial charge < -0.3 is 19.5 Å². The van der Waals surface area contributed by atoms with E-state index in [-0.39, 0.29) is 6.61 Å². The molecule has 0 spiro atoms. The van der Waals surface area contributed by atoms with Crippen LogP contribution in [0.5, 0.6) is 0 Å². The second kappa shape index (κ2) is 8.77. The van der Waals surface area contributed by atoms with E-state index in [1.54, 1.807) is 6.92 Å². The van der Waals surface area contributed by atoms with Crippen molar-refractivity contribution >= 4 is 18.0 Å². The molecule has 2 saturated heterocycles. The summed E-state index contributed by atoms with van der Waals surface area (Å²) < 4.78 is 16.2. The number of methoxy groups -OCH3 is 1. The molecule has 2 amide bonds. The number of carbonyl (C=O) groups is 3. The molecule has 0 aliphatic carbocycles. The average Bonchev–Trinajstić information content (AvgIpc) is 3.26. The number of amides is 2. The zero-order valence-electron chi connectivity index (χ0n) is 17.3. The first-order valence-corrected chi connectivity index (χ1v) is 10.1. The van der Waals surface area contributed by atoms with Crippen molar-refractivity contribution in [2.24, 2.45) is 0 Å². The number of nitrogens with one attached hydrogen (secondary N) is 1. The van der Waals surface area contributed by atoms with Crippen LogP contribution < -0.4 is 5.32 Å². The molecule has 0 unspecified atom stereocenters. The van der Waals surface area contributed by atoms with Crippen LogP contribution in [0.4, 0.5) is 4.79 Å². The van der Waals surface area contributed by atoms with Gasteiger partial charge in [-0.25, -0.2) is 9.59 Å². The van der Waals surface area contributed by atoms with Gasteiger partial charge in [-0.2, -0.15) is 0 Å². The van der Waals surface area contributed by atoms with E-state index in [1.807, 2.05) is 60.7 Å². The summed E-state index contributed by atoms with van der Waals surface area (Å²) in [5, 5.41) is 2.68. The van der Waals surface area contributed by atoms with Crippen LogP contribution in [-0.4, -0.2) is 54.4 Å². The molecule has 0 bridgehead atoms. The minimum absolute atomic E-state index is 0.0784. The van der Waals surface area contributed by atoms with Crippen LogP contribution in [0.15, 0.2) is 60.7 Å². The molecule has 0 aromatic heterocycles. The molecule has 2 aromatic carbocycles. The Hall–Kier alpha value is -3.39. The smallest absolute Gasteiger partial charge is 0.408 e. The zero-order valence-corrected chi connectivity index (χ0v) is 17.3. The predicted octanol–water partition coefficient (Wildman–Crippen LogP) is 2.19. The van der Waals surface area contributed by atoms with E-state index in [0.717, 1.165) is 11.1 Å². The summed E-state index contributed by atoms with van der Waals surface area (Å²) in [7, 11) is 1.27. The van der Waals surface area contributed by atoms with Gasteiger partial charge in [0.2, 0.25) is 5.91 Å². The Balaban J connectivity index is 1.57. The maximum atomic E-state index is 13.3. The Bertz CT molecular complexity index is 951. The third-order valence-electron chi connectivity index (χ3n) is 5.67. The van der Waals surface area contributed by atoms with Crippen LogP contribution in [0.25, 0.3) is 0 Å². The highest BCUT2D eigenvalue weighted by Crippen LogP contribution is 2.42. The highest BCUT2D eigenvalue weighted by Gasteiger charge is 2.60. The molecule has 0 saturated carbocycles. The van der Waals surface area contributed by atoms with Gasteiger partial charge in [0.15, 0.2) is 6.04 Å². The summed E-state index contributed by atoms with van der Waals surface area (Å²) in [6, 6.07) is 16.7. The average molecular weight is 424 g/mol. The van der Waals surface area contributed by atoms with E-state index < -0.39 is 48.3 Å². The summed E-state index contributed by atoms with van der Waals surface area (Å²) in [5.74, 6) is -1.46. The van der Waals surface area contributed by atoms with Crippen molar-refractivity contribution in [3.63, 3.8) is 0 Å². The molecule has 8 heteroatoms. The quantitative estimate of drug-likeness (QED) is 0.740. The maximum absolute atomic E-state index is 13.3. The lowest BCUT2D eigenvalue weighted by atomic mass is 9.92. The number of ether oxygens (including phenoxy) is 3. The number of fused-ring (bicyclic) bond motifs is 1. The third kappa shape index (κ3) is 3.98. The van der Waals surface area contributed by atoms with Crippen molar-refractivity contribution in [3.8, 4) is 0 Å². The van der Waals surface area contributed by atoms with Gasteiger partial charge in [0.25, 0.3) is 0 Å². The van der Waals surface area contributed by atoms with Gasteiger partial charge in [-0.1, -0.05) is 60.7 Å². The molecule has 2 aromatic rings. The topological polar surface area (TPSA) is 94.2 Å². The van der Waals surface area contributed by atoms with Gasteiger partial charge >= 0.3 is 12.1 Å². The maximum Gasteiger partial charge on any atom is 0.408 e. The molecule has 8 nitrogen and oxygen atoms in total. The fourth-order valence-corrected chi connectivity index (χ4v) is 4.24. The van der Waals surface area contributed by atoms with E-state index in [0.29, 0.717) is 0 Å². The zero-order chi connectivity index (χ0) is 22.0. The number of nitrogens with zero attached hydrogens (tertiary/aromatic N) is 1. The second-order valence-electron chi connectivity index (χ2n) is 7.57. The van der Waals surface area contributed by atoms with Crippen LogP contribution >= 0.6 is 0 Å². The summed E-state index contributed by atoms with van der Waals surface area (Å²) in [6.45, 7) is 1.81. The van der Waals surface area contributed by atoms with E-state index in [9.17, 15) is 14.4 Å². The minimum atomic E-state index is -0.935. The molecule has 2 heterocycles. The molecule has 162 valence electrons. The molecule has 2 aliphatic heterocycles. The van der Waals surface area contributed by atoms with E-state index in [2.05, 4.69) is 5.32 Å². The van der Waals surface area contributed by atoms with E-state index in [4.69, 9.17) is 14.2 Å². The molecule has 1 N–H and O–H groups in total. The van der Waals surface area contributed by atoms with Crippen molar-refractivity contribution < 1.29 is 28.6 Å². The van der Waals surface area contributed by atoms with Crippen LogP contribution in [0, 0.1) is 0 Å². The highest BCUT2D eigenvalue weighted by atomic mass is 16.6. The first kappa shape index (κ1) is 20.9. The molecule has 2 aliphatic rings. The van der Waals surface area contributed by atoms with Crippen molar-refractivity contribution in [3.05, 3.63) is 71.8 Å². The first-order valence-electron chi connectivity index (χ1n) is 10.1. The van der Waals surface area contributed by atoms with Gasteiger partial charge in [-0.05, 0) is 18.1 Å². The van der Waals surface area contributed by atoms with Gasteiger partial charge in [0.05, 0.1) is 19.1 Å². The van der Waals surface area contributed by atoms with Crippen molar-refractivity contribution in [1.29, 1.82) is 0 Å². The Morgan fingerprint density at radius 1 is 1.06 bits per heavy atom. The normalized spacial score (nSPS) is 27.0. The third-order valence-corrected chi connectivity index (χ3v) is 5.67. The van der Waals surface area contributed by atoms with Crippen molar-refractivity contribution in [2.75, 3.05) is 7.11 Å². The van der Waals surface area contributed by atoms with Crippen molar-refractivity contribution in [1.82, 2.24) is 10.2 Å². The SMILES string of the molecule is COC(=O)[C@@H]1[C@@H](C)O[C@H]2[C@H](c3ccccc3)[C@@H](NC(=O)OCc3ccccc3)C(=O)N12. The van der Waals surface area contributed by atoms with Gasteiger partial charge in [-0.3, -0.25) is 9.69 Å². The predicted molar refractivity (Wildman–Crippen MR) is 110 cm³/mol. The summed E-state index contributed by atoms with van der Waals surface area (Å²) >= 11 is 0. The standard InChI is InChI=1S/C23H24N2O6/c1-14-19(22(27)29-2)25-20(26)18(17(21(25)31-14)16-11-7-4-8-12-16)24-23(28)30-13-15-9-5-3-6-10-15/h3-12,14,17-19,21H,13H2,1-2H3,(H,24,28)/t14-,17-,18-,19+,21+/m1/s1.